The van der Waals surface area contributed by atoms with Gasteiger partial charge in [-0.15, -0.1) is 11.3 Å². The van der Waals surface area contributed by atoms with Crippen LogP contribution in [-0.2, 0) is 0 Å². The summed E-state index contributed by atoms with van der Waals surface area (Å²) in [5.41, 5.74) is 4.89. The number of aromatic nitrogens is 3. The van der Waals surface area contributed by atoms with Gasteiger partial charge in [0.25, 0.3) is 0 Å². The summed E-state index contributed by atoms with van der Waals surface area (Å²) in [6, 6.07) is 18.4. The van der Waals surface area contributed by atoms with Crippen molar-refractivity contribution >= 4 is 44.9 Å². The van der Waals surface area contributed by atoms with E-state index in [9.17, 15) is 0 Å². The minimum absolute atomic E-state index is 0.715. The van der Waals surface area contributed by atoms with Gasteiger partial charge >= 0.3 is 0 Å². The summed E-state index contributed by atoms with van der Waals surface area (Å²) in [6.07, 6.45) is 3.65. The Morgan fingerprint density at radius 3 is 2.60 bits per heavy atom. The Labute approximate surface area is 153 Å². The molecule has 5 aromatic rings. The van der Waals surface area contributed by atoms with Crippen molar-refractivity contribution in [1.82, 2.24) is 14.5 Å². The number of thiophene rings is 1. The highest BCUT2D eigenvalue weighted by Crippen LogP contribution is 2.36. The lowest BCUT2D eigenvalue weighted by atomic mass is 10.1. The quantitative estimate of drug-likeness (QED) is 0.388. The summed E-state index contributed by atoms with van der Waals surface area (Å²) in [6.45, 7) is 0. The molecule has 0 atom stereocenters. The van der Waals surface area contributed by atoms with Crippen LogP contribution in [-0.4, -0.2) is 14.5 Å². The third-order valence-corrected chi connectivity index (χ3v) is 5.50. The summed E-state index contributed by atoms with van der Waals surface area (Å²) in [7, 11) is 0. The molecule has 25 heavy (non-hydrogen) atoms. The van der Waals surface area contributed by atoms with Crippen molar-refractivity contribution in [3.63, 3.8) is 0 Å². The molecule has 0 aliphatic heterocycles. The van der Waals surface area contributed by atoms with E-state index in [2.05, 4.69) is 44.2 Å². The van der Waals surface area contributed by atoms with E-state index in [4.69, 9.17) is 11.6 Å². The van der Waals surface area contributed by atoms with E-state index in [1.54, 1.807) is 17.5 Å². The number of rotatable bonds is 2. The Balaban J connectivity index is 1.88. The first kappa shape index (κ1) is 14.6. The van der Waals surface area contributed by atoms with Crippen molar-refractivity contribution in [2.45, 2.75) is 0 Å². The summed E-state index contributed by atoms with van der Waals surface area (Å²) < 4.78 is 2.10. The van der Waals surface area contributed by atoms with Crippen LogP contribution in [0.4, 0.5) is 0 Å². The second-order valence-electron chi connectivity index (χ2n) is 5.77. The SMILES string of the molecule is Clc1cc2ncc3ncn(-c4ccccc4)c3c2cc1-c1cccs1. The lowest BCUT2D eigenvalue weighted by Crippen LogP contribution is -1.93. The maximum atomic E-state index is 6.52. The number of nitrogens with zero attached hydrogens (tertiary/aromatic N) is 3. The maximum absolute atomic E-state index is 6.52. The monoisotopic (exact) mass is 361 g/mol. The van der Waals surface area contributed by atoms with Crippen LogP contribution in [0.2, 0.25) is 5.02 Å². The molecular formula is C20H12ClN3S. The number of para-hydroxylation sites is 1. The van der Waals surface area contributed by atoms with Crippen molar-refractivity contribution in [3.05, 3.63) is 77.5 Å². The first-order chi connectivity index (χ1) is 12.3. The molecule has 3 heterocycles. The van der Waals surface area contributed by atoms with Crippen LogP contribution < -0.4 is 0 Å². The van der Waals surface area contributed by atoms with Crippen molar-refractivity contribution in [2.75, 3.05) is 0 Å². The molecule has 0 radical (unpaired) electrons. The smallest absolute Gasteiger partial charge is 0.108 e. The number of hydrogen-bond acceptors (Lipinski definition) is 3. The Hall–Kier alpha value is -2.69. The van der Waals surface area contributed by atoms with E-state index >= 15 is 0 Å². The van der Waals surface area contributed by atoms with E-state index in [0.29, 0.717) is 5.02 Å². The average molecular weight is 362 g/mol. The van der Waals surface area contributed by atoms with Crippen LogP contribution in [0.1, 0.15) is 0 Å². The number of benzene rings is 2. The molecule has 0 saturated heterocycles. The topological polar surface area (TPSA) is 30.7 Å². The predicted molar refractivity (Wildman–Crippen MR) is 105 cm³/mol. The molecule has 0 unspecified atom stereocenters. The van der Waals surface area contributed by atoms with Gasteiger partial charge in [0.05, 0.1) is 22.3 Å². The second-order valence-corrected chi connectivity index (χ2v) is 7.12. The molecule has 0 fully saturated rings. The number of fused-ring (bicyclic) bond motifs is 3. The Morgan fingerprint density at radius 1 is 0.920 bits per heavy atom. The molecule has 0 saturated carbocycles. The van der Waals surface area contributed by atoms with Crippen molar-refractivity contribution in [1.29, 1.82) is 0 Å². The molecule has 5 rings (SSSR count). The molecule has 2 aromatic carbocycles. The molecule has 0 spiro atoms. The third kappa shape index (κ3) is 2.34. The van der Waals surface area contributed by atoms with Crippen molar-refractivity contribution in [3.8, 4) is 16.1 Å². The van der Waals surface area contributed by atoms with Crippen LogP contribution >= 0.6 is 22.9 Å². The predicted octanol–water partition coefficient (Wildman–Crippen LogP) is 5.96. The minimum atomic E-state index is 0.715. The highest BCUT2D eigenvalue weighted by atomic mass is 35.5. The van der Waals surface area contributed by atoms with Gasteiger partial charge in [-0.05, 0) is 35.7 Å². The van der Waals surface area contributed by atoms with Gasteiger partial charge in [0.2, 0.25) is 0 Å². The highest BCUT2D eigenvalue weighted by molar-refractivity contribution is 7.13. The molecule has 3 nitrogen and oxygen atoms in total. The van der Waals surface area contributed by atoms with Gasteiger partial charge in [-0.3, -0.25) is 9.55 Å². The fourth-order valence-corrected chi connectivity index (χ4v) is 4.19. The number of halogens is 1. The summed E-state index contributed by atoms with van der Waals surface area (Å²) in [5, 5.41) is 3.82. The summed E-state index contributed by atoms with van der Waals surface area (Å²) in [5.74, 6) is 0. The number of hydrogen-bond donors (Lipinski definition) is 0. The second kappa shape index (κ2) is 5.69. The van der Waals surface area contributed by atoms with Gasteiger partial charge in [-0.1, -0.05) is 35.9 Å². The normalized spacial score (nSPS) is 11.4. The van der Waals surface area contributed by atoms with Crippen molar-refractivity contribution in [2.24, 2.45) is 0 Å². The van der Waals surface area contributed by atoms with Crippen LogP contribution in [0.15, 0.2) is 72.5 Å². The molecule has 3 aromatic heterocycles. The van der Waals surface area contributed by atoms with Gasteiger partial charge in [0.15, 0.2) is 0 Å². The Bertz CT molecular complexity index is 1190. The molecule has 0 bridgehead atoms. The van der Waals surface area contributed by atoms with E-state index in [1.165, 1.54) is 0 Å². The van der Waals surface area contributed by atoms with Gasteiger partial charge in [-0.2, -0.15) is 0 Å². The minimum Gasteiger partial charge on any atom is -0.298 e. The zero-order chi connectivity index (χ0) is 16.8. The zero-order valence-corrected chi connectivity index (χ0v) is 14.6. The number of imidazole rings is 1. The van der Waals surface area contributed by atoms with Gasteiger partial charge in [-0.25, -0.2) is 4.98 Å². The van der Waals surface area contributed by atoms with E-state index in [1.807, 2.05) is 36.7 Å². The van der Waals surface area contributed by atoms with Gasteiger partial charge < -0.3 is 0 Å². The summed E-state index contributed by atoms with van der Waals surface area (Å²) in [4.78, 5) is 10.2. The highest BCUT2D eigenvalue weighted by Gasteiger charge is 2.13. The maximum Gasteiger partial charge on any atom is 0.108 e. The lowest BCUT2D eigenvalue weighted by molar-refractivity contribution is 1.10. The molecule has 0 amide bonds. The zero-order valence-electron chi connectivity index (χ0n) is 13.1. The molecule has 5 heteroatoms. The van der Waals surface area contributed by atoms with Crippen LogP contribution in [0.5, 0.6) is 0 Å². The summed E-state index contributed by atoms with van der Waals surface area (Å²) >= 11 is 8.20. The molecule has 0 aliphatic carbocycles. The van der Waals surface area contributed by atoms with E-state index < -0.39 is 0 Å². The largest absolute Gasteiger partial charge is 0.298 e. The molecule has 120 valence electrons. The van der Waals surface area contributed by atoms with Crippen molar-refractivity contribution < 1.29 is 0 Å². The Kier molecular flexibility index (Phi) is 3.33. The van der Waals surface area contributed by atoms with Gasteiger partial charge in [0.1, 0.15) is 11.8 Å². The Morgan fingerprint density at radius 2 is 1.80 bits per heavy atom. The molecule has 0 N–H and O–H groups in total. The molecular weight excluding hydrogens is 350 g/mol. The average Bonchev–Trinajstić information content (AvgIpc) is 3.31. The lowest BCUT2D eigenvalue weighted by Gasteiger charge is -2.09. The molecule has 0 aliphatic rings. The van der Waals surface area contributed by atoms with Crippen LogP contribution in [0, 0.1) is 0 Å². The van der Waals surface area contributed by atoms with Crippen LogP contribution in [0.3, 0.4) is 0 Å². The number of pyridine rings is 1. The first-order valence-electron chi connectivity index (χ1n) is 7.86. The van der Waals surface area contributed by atoms with Crippen LogP contribution in [0.25, 0.3) is 38.1 Å². The van der Waals surface area contributed by atoms with Gasteiger partial charge in [0, 0.05) is 21.5 Å². The third-order valence-electron chi connectivity index (χ3n) is 4.28. The van der Waals surface area contributed by atoms with E-state index in [0.717, 1.165) is 38.1 Å². The fraction of sp³-hybridized carbons (Fsp3) is 0. The first-order valence-corrected chi connectivity index (χ1v) is 9.11. The van der Waals surface area contributed by atoms with E-state index in [-0.39, 0.29) is 0 Å². The fourth-order valence-electron chi connectivity index (χ4n) is 3.12. The standard InChI is InChI=1S/C20H12ClN3S/c21-16-10-17-15(9-14(16)19-7-4-8-25-19)20-18(11-22-17)23-12-24(20)13-5-2-1-3-6-13/h1-12H.